The summed E-state index contributed by atoms with van der Waals surface area (Å²) in [5.41, 5.74) is 0. The fourth-order valence-corrected chi connectivity index (χ4v) is 4.97. The van der Waals surface area contributed by atoms with Crippen molar-refractivity contribution >= 4 is 19.8 Å². The molecule has 1 N–H and O–H groups in total. The highest BCUT2D eigenvalue weighted by Gasteiger charge is 2.26. The van der Waals surface area contributed by atoms with Crippen LogP contribution in [0.2, 0.25) is 0 Å². The number of aliphatic hydroxyl groups is 1. The van der Waals surface area contributed by atoms with Gasteiger partial charge in [0.15, 0.2) is 0 Å². The molecule has 0 spiro atoms. The Hall–Kier alpha value is 0.660. The van der Waals surface area contributed by atoms with Crippen LogP contribution in [0.1, 0.15) is 106 Å². The van der Waals surface area contributed by atoms with E-state index < -0.39 is 7.58 Å². The highest BCUT2D eigenvalue weighted by Crippen LogP contribution is 2.49. The van der Waals surface area contributed by atoms with E-state index in [1.54, 1.807) is 0 Å². The minimum Gasteiger partial charge on any atom is -0.400 e. The molecule has 2 aliphatic carbocycles. The maximum atomic E-state index is 7.00. The van der Waals surface area contributed by atoms with Gasteiger partial charge in [0, 0.05) is 7.11 Å². The van der Waals surface area contributed by atoms with E-state index in [0.717, 1.165) is 18.9 Å². The SMILES string of the molecule is CC1CCCC(OP(S)OC2CCCC(C)C2)C1.CCC.CCC.CO. The summed E-state index contributed by atoms with van der Waals surface area (Å²) in [5, 5.41) is 7.00. The van der Waals surface area contributed by atoms with Gasteiger partial charge in [0.2, 0.25) is 7.58 Å². The second-order valence-corrected chi connectivity index (χ2v) is 9.53. The van der Waals surface area contributed by atoms with Crippen molar-refractivity contribution < 1.29 is 14.2 Å². The Morgan fingerprint density at radius 3 is 1.35 bits per heavy atom. The molecule has 0 aliphatic heterocycles. The molecule has 26 heavy (non-hydrogen) atoms. The first kappa shape index (κ1) is 28.9. The van der Waals surface area contributed by atoms with Crippen molar-refractivity contribution in [1.29, 1.82) is 0 Å². The van der Waals surface area contributed by atoms with Crippen molar-refractivity contribution in [1.82, 2.24) is 0 Å². The van der Waals surface area contributed by atoms with Crippen LogP contribution >= 0.6 is 19.8 Å². The Kier molecular flexibility index (Phi) is 22.6. The summed E-state index contributed by atoms with van der Waals surface area (Å²) in [7, 11) is 0.0301. The maximum Gasteiger partial charge on any atom is 0.235 e. The molecular formula is C21H47O3PS. The van der Waals surface area contributed by atoms with Crippen molar-refractivity contribution in [2.45, 2.75) is 118 Å². The second kappa shape index (κ2) is 20.4. The smallest absolute Gasteiger partial charge is 0.235 e. The van der Waals surface area contributed by atoms with Crippen molar-refractivity contribution in [3.05, 3.63) is 0 Å². The summed E-state index contributed by atoms with van der Waals surface area (Å²) < 4.78 is 12.0. The standard InChI is InChI=1S/C14H27O2PS.2C3H8.CH4O/c1-11-5-3-7-13(9-11)15-17(18)16-14-8-4-6-12(2)10-14;2*1-3-2;1-2/h11-14,18H,3-10H2,1-2H3;2*3H2,1-2H3;2H,1H3. The molecule has 0 amide bonds. The number of hydrogen-bond donors (Lipinski definition) is 2. The predicted octanol–water partition coefficient (Wildman–Crippen LogP) is 7.77. The zero-order chi connectivity index (χ0) is 20.4. The molecule has 0 aromatic rings. The van der Waals surface area contributed by atoms with Crippen molar-refractivity contribution in [2.75, 3.05) is 7.11 Å². The first-order valence-electron chi connectivity index (χ1n) is 10.7. The Labute approximate surface area is 171 Å². The molecule has 4 atom stereocenters. The van der Waals surface area contributed by atoms with Crippen molar-refractivity contribution in [3.63, 3.8) is 0 Å². The quantitative estimate of drug-likeness (QED) is 0.367. The number of aliphatic hydroxyl groups excluding tert-OH is 1. The summed E-state index contributed by atoms with van der Waals surface area (Å²) in [6.45, 7) is 13.1. The Morgan fingerprint density at radius 2 is 1.08 bits per heavy atom. The van der Waals surface area contributed by atoms with Gasteiger partial charge in [0.25, 0.3) is 0 Å². The average Bonchev–Trinajstić information content (AvgIpc) is 2.58. The fourth-order valence-electron chi connectivity index (χ4n) is 3.23. The highest BCUT2D eigenvalue weighted by atomic mass is 32.7. The van der Waals surface area contributed by atoms with Gasteiger partial charge in [-0.1, -0.05) is 92.3 Å². The lowest BCUT2D eigenvalue weighted by Crippen LogP contribution is -2.22. The molecule has 3 nitrogen and oxygen atoms in total. The van der Waals surface area contributed by atoms with Gasteiger partial charge in [-0.3, -0.25) is 0 Å². The third-order valence-electron chi connectivity index (χ3n) is 4.26. The number of hydrogen-bond acceptors (Lipinski definition) is 4. The first-order valence-corrected chi connectivity index (χ1v) is 13.1. The molecule has 0 heterocycles. The van der Waals surface area contributed by atoms with E-state index in [4.69, 9.17) is 14.2 Å². The summed E-state index contributed by atoms with van der Waals surface area (Å²) in [5.74, 6) is 1.60. The monoisotopic (exact) mass is 410 g/mol. The van der Waals surface area contributed by atoms with E-state index >= 15 is 0 Å². The normalized spacial score (nSPS) is 29.0. The second-order valence-electron chi connectivity index (χ2n) is 7.65. The van der Waals surface area contributed by atoms with E-state index in [9.17, 15) is 0 Å². The van der Waals surface area contributed by atoms with E-state index in [2.05, 4.69) is 53.8 Å². The van der Waals surface area contributed by atoms with Crippen LogP contribution < -0.4 is 0 Å². The summed E-state index contributed by atoms with van der Waals surface area (Å²) in [4.78, 5) is 0. The van der Waals surface area contributed by atoms with Crippen LogP contribution in [-0.2, 0) is 9.05 Å². The zero-order valence-corrected chi connectivity index (χ0v) is 20.3. The van der Waals surface area contributed by atoms with E-state index in [1.807, 2.05) is 0 Å². The molecule has 0 saturated heterocycles. The first-order chi connectivity index (χ1) is 12.5. The van der Waals surface area contributed by atoms with Crippen LogP contribution in [0.3, 0.4) is 0 Å². The van der Waals surface area contributed by atoms with E-state index in [1.165, 1.54) is 64.2 Å². The lowest BCUT2D eigenvalue weighted by molar-refractivity contribution is 0.0897. The molecule has 0 aromatic carbocycles. The Balaban J connectivity index is 0. The highest BCUT2D eigenvalue weighted by molar-refractivity contribution is 8.41. The molecule has 2 saturated carbocycles. The Morgan fingerprint density at radius 1 is 0.769 bits per heavy atom. The number of rotatable bonds is 4. The van der Waals surface area contributed by atoms with Gasteiger partial charge >= 0.3 is 0 Å². The minimum atomic E-state index is -0.970. The van der Waals surface area contributed by atoms with Crippen molar-refractivity contribution in [3.8, 4) is 0 Å². The van der Waals surface area contributed by atoms with Gasteiger partial charge in [-0.2, -0.15) is 0 Å². The summed E-state index contributed by atoms with van der Waals surface area (Å²) in [6, 6.07) is 0. The maximum absolute atomic E-state index is 7.00. The lowest BCUT2D eigenvalue weighted by atomic mass is 9.89. The van der Waals surface area contributed by atoms with Crippen LogP contribution in [0.4, 0.5) is 0 Å². The molecule has 2 aliphatic rings. The Bertz CT molecular complexity index is 256. The van der Waals surface area contributed by atoms with Crippen molar-refractivity contribution in [2.24, 2.45) is 11.8 Å². The summed E-state index contributed by atoms with van der Waals surface area (Å²) >= 11 is 4.53. The van der Waals surface area contributed by atoms with Gasteiger partial charge in [0.05, 0.1) is 12.2 Å². The van der Waals surface area contributed by atoms with E-state index in [-0.39, 0.29) is 0 Å². The molecule has 2 rings (SSSR count). The van der Waals surface area contributed by atoms with Gasteiger partial charge in [-0.05, 0) is 37.5 Å². The fraction of sp³-hybridized carbons (Fsp3) is 1.00. The van der Waals surface area contributed by atoms with Crippen LogP contribution in [0.15, 0.2) is 0 Å². The minimum absolute atomic E-state index is 0.387. The molecule has 0 aromatic heterocycles. The largest absolute Gasteiger partial charge is 0.400 e. The van der Waals surface area contributed by atoms with Crippen LogP contribution in [0, 0.1) is 11.8 Å². The third-order valence-corrected chi connectivity index (χ3v) is 5.78. The predicted molar refractivity (Wildman–Crippen MR) is 121 cm³/mol. The number of thiol groups is 1. The van der Waals surface area contributed by atoms with Gasteiger partial charge in [-0.15, -0.1) is 0 Å². The molecule has 5 heteroatoms. The molecule has 0 radical (unpaired) electrons. The zero-order valence-electron chi connectivity index (χ0n) is 18.5. The van der Waals surface area contributed by atoms with Gasteiger partial charge < -0.3 is 14.2 Å². The third kappa shape index (κ3) is 16.8. The van der Waals surface area contributed by atoms with Crippen LogP contribution in [-0.4, -0.2) is 24.4 Å². The lowest BCUT2D eigenvalue weighted by Gasteiger charge is -2.31. The molecule has 0 bridgehead atoms. The van der Waals surface area contributed by atoms with E-state index in [0.29, 0.717) is 12.2 Å². The van der Waals surface area contributed by atoms with Crippen LogP contribution in [0.25, 0.3) is 0 Å². The molecular weight excluding hydrogens is 363 g/mol. The molecule has 160 valence electrons. The van der Waals surface area contributed by atoms with Crippen LogP contribution in [0.5, 0.6) is 0 Å². The average molecular weight is 411 g/mol. The van der Waals surface area contributed by atoms with Gasteiger partial charge in [-0.25, -0.2) is 0 Å². The van der Waals surface area contributed by atoms with Gasteiger partial charge in [0.1, 0.15) is 0 Å². The molecule has 4 unspecified atom stereocenters. The summed E-state index contributed by atoms with van der Waals surface area (Å²) in [6.07, 6.45) is 13.3. The topological polar surface area (TPSA) is 38.7 Å². The molecule has 2 fully saturated rings.